The number of hydrogen-bond acceptors (Lipinski definition) is 11. The minimum Gasteiger partial charge on any atom is -0.410 e. The molecule has 0 aliphatic carbocycles. The van der Waals surface area contributed by atoms with Gasteiger partial charge in [-0.25, -0.2) is 46.8 Å². The maximum Gasteiger partial charge on any atom is 0.424 e. The van der Waals surface area contributed by atoms with Gasteiger partial charge in [-0.05, 0) is 101 Å². The van der Waals surface area contributed by atoms with Gasteiger partial charge in [0.25, 0.3) is 0 Å². The third-order valence-corrected chi connectivity index (χ3v) is 14.0. The zero-order valence-corrected chi connectivity index (χ0v) is 39.0. The van der Waals surface area contributed by atoms with E-state index in [1.165, 1.54) is 27.3 Å². The molecular formula is C53H59F2N7O8. The lowest BCUT2D eigenvalue weighted by atomic mass is 9.99. The number of H-pyrrole nitrogens is 1. The van der Waals surface area contributed by atoms with Crippen LogP contribution in [0.25, 0.3) is 5.78 Å². The average molecular weight is 960 g/mol. The van der Waals surface area contributed by atoms with Crippen LogP contribution in [0.2, 0.25) is 0 Å². The average Bonchev–Trinajstić information content (AvgIpc) is 4.00. The van der Waals surface area contributed by atoms with Crippen LogP contribution in [0.4, 0.5) is 18.4 Å². The van der Waals surface area contributed by atoms with Gasteiger partial charge in [-0.3, -0.25) is 14.8 Å². The normalized spacial score (nSPS) is 21.8. The molecule has 2 aromatic heterocycles. The number of amides is 2. The number of carbonyl (C=O) groups is 2. The highest BCUT2D eigenvalue weighted by Crippen LogP contribution is 2.38. The summed E-state index contributed by atoms with van der Waals surface area (Å²) < 4.78 is 53.4. The molecule has 4 saturated heterocycles. The molecule has 6 heterocycles. The van der Waals surface area contributed by atoms with Gasteiger partial charge in [0.2, 0.25) is 5.78 Å². The van der Waals surface area contributed by atoms with Crippen LogP contribution in [0.3, 0.4) is 0 Å². The van der Waals surface area contributed by atoms with Crippen LogP contribution in [0.15, 0.2) is 131 Å². The summed E-state index contributed by atoms with van der Waals surface area (Å²) in [7, 11) is 0. The predicted molar refractivity (Wildman–Crippen MR) is 256 cm³/mol. The lowest BCUT2D eigenvalue weighted by molar-refractivity contribution is -0.0295. The Labute approximate surface area is 404 Å². The van der Waals surface area contributed by atoms with Crippen molar-refractivity contribution in [3.05, 3.63) is 165 Å². The fourth-order valence-corrected chi connectivity index (χ4v) is 10.6. The van der Waals surface area contributed by atoms with Crippen molar-refractivity contribution >= 4 is 18.0 Å². The molecule has 4 atom stereocenters. The first-order chi connectivity index (χ1) is 34.2. The number of para-hydroxylation sites is 2. The quantitative estimate of drug-likeness (QED) is 0.0997. The summed E-state index contributed by atoms with van der Waals surface area (Å²) in [5.74, 6) is 0.522. The number of fused-ring (bicyclic) bond motifs is 5. The van der Waals surface area contributed by atoms with Gasteiger partial charge >= 0.3 is 23.6 Å². The number of benzene rings is 4. The van der Waals surface area contributed by atoms with Crippen molar-refractivity contribution in [2.75, 3.05) is 19.6 Å². The van der Waals surface area contributed by atoms with E-state index >= 15 is 0 Å². The van der Waals surface area contributed by atoms with Crippen LogP contribution >= 0.6 is 0 Å². The van der Waals surface area contributed by atoms with Crippen molar-refractivity contribution in [3.8, 4) is 11.5 Å². The monoisotopic (exact) mass is 959 g/mol. The van der Waals surface area contributed by atoms with E-state index in [9.17, 15) is 28.0 Å². The van der Waals surface area contributed by atoms with Crippen molar-refractivity contribution in [1.82, 2.24) is 33.6 Å². The standard InChI is InChI=1S/C31H33FN2O5.C22H26FN5O3/c32-29-15-8-7-10-23(29)22-37-28-20-24-16-17-25(21-28)33(24)18-9-19-34(30(35)38-26-11-3-1-4-12-26)31(36)39-27-13-5-2-6-14-27;23-19-5-2-1-4-15(19)14-31-18-12-16-6-7-17(13-18)26(16)9-3-10-28-21(29)25-20-24-8-11-27(20)22(28)30/h1-8,10-15,24-25,28H,9,16-22H2;1-2,4-5,8,11,16-18H,3,6-7,9-10,12-14H2,(H,24,25,29). The number of nitrogens with zero attached hydrogens (tertiary/aromatic N) is 6. The van der Waals surface area contributed by atoms with Crippen molar-refractivity contribution < 1.29 is 37.3 Å². The van der Waals surface area contributed by atoms with Gasteiger partial charge in [0, 0.05) is 73.9 Å². The van der Waals surface area contributed by atoms with Crippen LogP contribution in [0.5, 0.6) is 11.5 Å². The molecule has 4 aliphatic heterocycles. The molecule has 0 saturated carbocycles. The van der Waals surface area contributed by atoms with Crippen molar-refractivity contribution in [1.29, 1.82) is 0 Å². The molecule has 0 spiro atoms. The predicted octanol–water partition coefficient (Wildman–Crippen LogP) is 8.35. The smallest absolute Gasteiger partial charge is 0.410 e. The van der Waals surface area contributed by atoms with Crippen LogP contribution < -0.4 is 20.9 Å². The number of aromatic amines is 1. The first-order valence-electron chi connectivity index (χ1n) is 24.4. The topological polar surface area (TPSA) is 153 Å². The molecule has 6 aromatic rings. The summed E-state index contributed by atoms with van der Waals surface area (Å²) in [6, 6.07) is 32.4. The lowest BCUT2D eigenvalue weighted by Crippen LogP contribution is -2.47. The number of carbonyl (C=O) groups excluding carboxylic acids is 2. The summed E-state index contributed by atoms with van der Waals surface area (Å²) in [5.41, 5.74) is 0.395. The van der Waals surface area contributed by atoms with Crippen LogP contribution in [-0.2, 0) is 29.2 Å². The van der Waals surface area contributed by atoms with E-state index in [0.29, 0.717) is 66.4 Å². The molecule has 0 radical (unpaired) electrons. The van der Waals surface area contributed by atoms with Crippen molar-refractivity contribution in [3.63, 3.8) is 0 Å². The lowest BCUT2D eigenvalue weighted by Gasteiger charge is -2.39. The molecule has 1 N–H and O–H groups in total. The molecule has 17 heteroatoms. The molecule has 15 nitrogen and oxygen atoms in total. The van der Waals surface area contributed by atoms with Gasteiger partial charge in [0.1, 0.15) is 23.1 Å². The number of halogens is 2. The first-order valence-corrected chi connectivity index (χ1v) is 24.4. The fraction of sp³-hybridized carbons (Fsp3) is 0.415. The van der Waals surface area contributed by atoms with E-state index in [1.807, 2.05) is 24.3 Å². The van der Waals surface area contributed by atoms with Crippen molar-refractivity contribution in [2.45, 2.75) is 120 Å². The molecule has 368 valence electrons. The molecule has 10 rings (SSSR count). The van der Waals surface area contributed by atoms with Gasteiger partial charge in [0.15, 0.2) is 0 Å². The Balaban J connectivity index is 0.000000178. The number of nitrogens with one attached hydrogen (secondary N) is 1. The number of piperidine rings is 2. The first kappa shape index (κ1) is 48.5. The number of aromatic nitrogens is 4. The second-order valence-corrected chi connectivity index (χ2v) is 18.4. The molecule has 2 amide bonds. The van der Waals surface area contributed by atoms with Crippen LogP contribution in [0.1, 0.15) is 75.3 Å². The molecule has 4 fully saturated rings. The number of rotatable bonds is 16. The second-order valence-electron chi connectivity index (χ2n) is 18.4. The summed E-state index contributed by atoms with van der Waals surface area (Å²) in [4.78, 5) is 63.2. The number of ether oxygens (including phenoxy) is 4. The summed E-state index contributed by atoms with van der Waals surface area (Å²) >= 11 is 0. The third kappa shape index (κ3) is 11.9. The maximum atomic E-state index is 14.0. The Kier molecular flexibility index (Phi) is 15.9. The zero-order chi connectivity index (χ0) is 48.4. The fourth-order valence-electron chi connectivity index (χ4n) is 10.6. The molecule has 4 bridgehead atoms. The summed E-state index contributed by atoms with van der Waals surface area (Å²) in [6.45, 7) is 2.69. The van der Waals surface area contributed by atoms with Gasteiger partial charge < -0.3 is 18.9 Å². The zero-order valence-electron chi connectivity index (χ0n) is 39.0. The van der Waals surface area contributed by atoms with Crippen LogP contribution in [0, 0.1) is 11.6 Å². The Morgan fingerprint density at radius 2 is 1.07 bits per heavy atom. The third-order valence-electron chi connectivity index (χ3n) is 14.0. The van der Waals surface area contributed by atoms with E-state index in [-0.39, 0.29) is 48.5 Å². The van der Waals surface area contributed by atoms with Crippen LogP contribution in [-0.4, -0.2) is 102 Å². The highest BCUT2D eigenvalue weighted by atomic mass is 19.1. The SMILES string of the molecule is O=C(Oc1ccccc1)N(CCCN1C2CCC1CC(OCc1ccccc1F)C2)C(=O)Oc1ccccc1.O=c1[nH]c2nccn2c(=O)n1CCCN1C2CCC1CC(OCc1ccccc1F)C2. The van der Waals surface area contributed by atoms with Gasteiger partial charge in [-0.1, -0.05) is 72.8 Å². The van der Waals surface area contributed by atoms with Gasteiger partial charge in [-0.15, -0.1) is 0 Å². The molecule has 4 aliphatic rings. The Morgan fingerprint density at radius 1 is 0.614 bits per heavy atom. The number of imidazole rings is 1. The molecule has 4 aromatic carbocycles. The minimum absolute atomic E-state index is 0.0940. The van der Waals surface area contributed by atoms with E-state index in [1.54, 1.807) is 79.0 Å². The molecular weight excluding hydrogens is 901 g/mol. The Hall–Kier alpha value is -6.53. The van der Waals surface area contributed by atoms with Gasteiger partial charge in [0.05, 0.1) is 25.4 Å². The minimum atomic E-state index is -0.773. The highest BCUT2D eigenvalue weighted by Gasteiger charge is 2.42. The number of imide groups is 1. The van der Waals surface area contributed by atoms with E-state index in [2.05, 4.69) is 19.8 Å². The summed E-state index contributed by atoms with van der Waals surface area (Å²) in [6.07, 6.45) is 11.1. The van der Waals surface area contributed by atoms with Gasteiger partial charge in [-0.2, -0.15) is 0 Å². The summed E-state index contributed by atoms with van der Waals surface area (Å²) in [5, 5.41) is 0. The molecule has 4 unspecified atom stereocenters. The Bertz CT molecular complexity index is 2730. The second kappa shape index (κ2) is 22.9. The molecule has 70 heavy (non-hydrogen) atoms. The highest BCUT2D eigenvalue weighted by molar-refractivity contribution is 5.89. The van der Waals surface area contributed by atoms with E-state index in [4.69, 9.17) is 18.9 Å². The maximum absolute atomic E-state index is 14.0. The van der Waals surface area contributed by atoms with E-state index < -0.39 is 17.9 Å². The largest absolute Gasteiger partial charge is 0.424 e. The van der Waals surface area contributed by atoms with Crippen molar-refractivity contribution in [2.24, 2.45) is 0 Å². The van der Waals surface area contributed by atoms with E-state index in [0.717, 1.165) is 75.8 Å². The Morgan fingerprint density at radius 3 is 1.56 bits per heavy atom. The number of hydrogen-bond donors (Lipinski definition) is 1.